The molecule has 2 aromatic carbocycles. The summed E-state index contributed by atoms with van der Waals surface area (Å²) in [4.78, 5) is 21.1. The van der Waals surface area contributed by atoms with Crippen LogP contribution in [0.15, 0.2) is 54.6 Å². The van der Waals surface area contributed by atoms with Crippen molar-refractivity contribution in [2.75, 3.05) is 10.6 Å². The summed E-state index contributed by atoms with van der Waals surface area (Å²) in [6.45, 7) is 4.37. The molecule has 1 amide bonds. The van der Waals surface area contributed by atoms with E-state index in [9.17, 15) is 4.79 Å². The number of carbonyl (C=O) groups excluding carboxylic acids is 1. The van der Waals surface area contributed by atoms with Crippen molar-refractivity contribution in [2.24, 2.45) is 0 Å². The molecule has 0 unspecified atom stereocenters. The Balaban J connectivity index is 1.75. The van der Waals surface area contributed by atoms with Gasteiger partial charge in [0.15, 0.2) is 0 Å². The summed E-state index contributed by atoms with van der Waals surface area (Å²) in [7, 11) is 0. The van der Waals surface area contributed by atoms with Gasteiger partial charge in [-0.1, -0.05) is 42.0 Å². The second kappa shape index (κ2) is 8.11. The molecule has 0 spiro atoms. The number of anilines is 2. The molecule has 0 aliphatic carbocycles. The van der Waals surface area contributed by atoms with Gasteiger partial charge in [0, 0.05) is 12.6 Å². The molecule has 0 aliphatic rings. The third-order valence-corrected chi connectivity index (χ3v) is 3.96. The summed E-state index contributed by atoms with van der Waals surface area (Å²) >= 11 is 0. The normalized spacial score (nSPS) is 10.1. The number of hydrogen-bond donors (Lipinski definition) is 2. The Labute approximate surface area is 157 Å². The van der Waals surface area contributed by atoms with Crippen molar-refractivity contribution >= 4 is 17.4 Å². The minimum Gasteiger partial charge on any atom is -0.366 e. The zero-order valence-electron chi connectivity index (χ0n) is 15.2. The first-order valence-corrected chi connectivity index (χ1v) is 8.51. The zero-order valence-corrected chi connectivity index (χ0v) is 15.2. The van der Waals surface area contributed by atoms with Crippen LogP contribution in [0.3, 0.4) is 0 Å². The van der Waals surface area contributed by atoms with E-state index in [0.717, 1.165) is 5.56 Å². The largest absolute Gasteiger partial charge is 0.366 e. The van der Waals surface area contributed by atoms with Crippen LogP contribution in [-0.2, 0) is 6.54 Å². The van der Waals surface area contributed by atoms with Gasteiger partial charge in [-0.15, -0.1) is 0 Å². The van der Waals surface area contributed by atoms with E-state index in [1.165, 1.54) is 5.56 Å². The van der Waals surface area contributed by atoms with E-state index in [-0.39, 0.29) is 11.6 Å². The molecule has 0 radical (unpaired) electrons. The lowest BCUT2D eigenvalue weighted by molar-refractivity contribution is 0.102. The first-order valence-electron chi connectivity index (χ1n) is 8.51. The number of aromatic nitrogens is 2. The fourth-order valence-electron chi connectivity index (χ4n) is 2.55. The summed E-state index contributed by atoms with van der Waals surface area (Å²) in [6.07, 6.45) is 0. The number of nitrogens with one attached hydrogen (secondary N) is 2. The van der Waals surface area contributed by atoms with Gasteiger partial charge < -0.3 is 10.6 Å². The highest BCUT2D eigenvalue weighted by atomic mass is 16.1. The van der Waals surface area contributed by atoms with E-state index >= 15 is 0 Å². The summed E-state index contributed by atoms with van der Waals surface area (Å²) in [5.41, 5.74) is 3.41. The molecule has 0 aliphatic heterocycles. The fraction of sp³-hybridized carbons (Fsp3) is 0.143. The number of benzene rings is 2. The number of para-hydroxylation sites is 1. The maximum Gasteiger partial charge on any atom is 0.274 e. The molecule has 0 saturated heterocycles. The third kappa shape index (κ3) is 4.67. The fourth-order valence-corrected chi connectivity index (χ4v) is 2.55. The first kappa shape index (κ1) is 18.1. The molecule has 3 rings (SSSR count). The SMILES string of the molecule is Cc1ccc(CNc2cc(C(=O)Nc3ccccc3C#N)nc(C)n2)cc1. The minimum atomic E-state index is -0.387. The monoisotopic (exact) mass is 357 g/mol. The van der Waals surface area contributed by atoms with E-state index in [4.69, 9.17) is 5.26 Å². The zero-order chi connectivity index (χ0) is 19.2. The topological polar surface area (TPSA) is 90.7 Å². The standard InChI is InChI=1S/C21H19N5O/c1-14-7-9-16(10-8-14)13-23-20-11-19(24-15(2)25-20)21(27)26-18-6-4-3-5-17(18)12-22/h3-11H,13H2,1-2H3,(H,26,27)(H,23,24,25). The predicted molar refractivity (Wildman–Crippen MR) is 104 cm³/mol. The molecule has 134 valence electrons. The Bertz CT molecular complexity index is 1010. The average molecular weight is 357 g/mol. The van der Waals surface area contributed by atoms with E-state index in [2.05, 4.69) is 26.7 Å². The van der Waals surface area contributed by atoms with E-state index in [1.807, 2.05) is 31.2 Å². The Morgan fingerprint density at radius 2 is 1.81 bits per heavy atom. The second-order valence-electron chi connectivity index (χ2n) is 6.14. The molecule has 1 heterocycles. The molecule has 6 nitrogen and oxygen atoms in total. The summed E-state index contributed by atoms with van der Waals surface area (Å²) in [5.74, 6) is 0.672. The number of nitrogens with zero attached hydrogens (tertiary/aromatic N) is 3. The number of amides is 1. The van der Waals surface area contributed by atoms with Crippen molar-refractivity contribution in [3.05, 3.63) is 82.8 Å². The van der Waals surface area contributed by atoms with Crippen LogP contribution >= 0.6 is 0 Å². The van der Waals surface area contributed by atoms with Crippen molar-refractivity contribution in [3.8, 4) is 6.07 Å². The van der Waals surface area contributed by atoms with Crippen LogP contribution in [0.2, 0.25) is 0 Å². The molecule has 6 heteroatoms. The van der Waals surface area contributed by atoms with Gasteiger partial charge in [0.25, 0.3) is 5.91 Å². The highest BCUT2D eigenvalue weighted by molar-refractivity contribution is 6.03. The van der Waals surface area contributed by atoms with Gasteiger partial charge in [0.2, 0.25) is 0 Å². The predicted octanol–water partition coefficient (Wildman–Crippen LogP) is 3.83. The Morgan fingerprint density at radius 1 is 1.07 bits per heavy atom. The van der Waals surface area contributed by atoms with Crippen LogP contribution in [0.1, 0.15) is 33.0 Å². The van der Waals surface area contributed by atoms with Crippen LogP contribution in [0, 0.1) is 25.2 Å². The molecule has 2 N–H and O–H groups in total. The van der Waals surface area contributed by atoms with Crippen LogP contribution in [0.4, 0.5) is 11.5 Å². The number of carbonyl (C=O) groups is 1. The second-order valence-corrected chi connectivity index (χ2v) is 6.14. The smallest absolute Gasteiger partial charge is 0.274 e. The van der Waals surface area contributed by atoms with Gasteiger partial charge in [-0.3, -0.25) is 4.79 Å². The molecular formula is C21H19N5O. The van der Waals surface area contributed by atoms with E-state index < -0.39 is 0 Å². The molecular weight excluding hydrogens is 338 g/mol. The van der Waals surface area contributed by atoms with Crippen LogP contribution < -0.4 is 10.6 Å². The minimum absolute atomic E-state index is 0.238. The maximum atomic E-state index is 12.6. The van der Waals surface area contributed by atoms with Crippen molar-refractivity contribution in [1.82, 2.24) is 9.97 Å². The molecule has 27 heavy (non-hydrogen) atoms. The molecule has 0 bridgehead atoms. The first-order chi connectivity index (χ1) is 13.0. The number of nitriles is 1. The Morgan fingerprint density at radius 3 is 2.56 bits per heavy atom. The van der Waals surface area contributed by atoms with Gasteiger partial charge in [0.05, 0.1) is 11.3 Å². The van der Waals surface area contributed by atoms with E-state index in [1.54, 1.807) is 37.3 Å². The number of rotatable bonds is 5. The summed E-state index contributed by atoms with van der Waals surface area (Å²) in [6, 6.07) is 18.7. The third-order valence-electron chi connectivity index (χ3n) is 3.96. The van der Waals surface area contributed by atoms with Gasteiger partial charge in [0.1, 0.15) is 23.4 Å². The van der Waals surface area contributed by atoms with Crippen LogP contribution in [-0.4, -0.2) is 15.9 Å². The highest BCUT2D eigenvalue weighted by Gasteiger charge is 2.12. The lowest BCUT2D eigenvalue weighted by Gasteiger charge is -2.10. The van der Waals surface area contributed by atoms with Gasteiger partial charge in [-0.05, 0) is 31.5 Å². The Hall–Kier alpha value is -3.72. The van der Waals surface area contributed by atoms with Gasteiger partial charge >= 0.3 is 0 Å². The highest BCUT2D eigenvalue weighted by Crippen LogP contribution is 2.16. The average Bonchev–Trinajstić information content (AvgIpc) is 2.67. The van der Waals surface area contributed by atoms with Crippen molar-refractivity contribution in [1.29, 1.82) is 5.26 Å². The molecule has 3 aromatic rings. The van der Waals surface area contributed by atoms with Crippen LogP contribution in [0.25, 0.3) is 0 Å². The van der Waals surface area contributed by atoms with Crippen molar-refractivity contribution in [2.45, 2.75) is 20.4 Å². The van der Waals surface area contributed by atoms with Gasteiger partial charge in [-0.2, -0.15) is 5.26 Å². The molecule has 0 saturated carbocycles. The summed E-state index contributed by atoms with van der Waals surface area (Å²) in [5, 5.41) is 15.1. The molecule has 1 aromatic heterocycles. The molecule has 0 atom stereocenters. The number of aryl methyl sites for hydroxylation is 2. The van der Waals surface area contributed by atoms with Crippen molar-refractivity contribution < 1.29 is 4.79 Å². The van der Waals surface area contributed by atoms with Gasteiger partial charge in [-0.25, -0.2) is 9.97 Å². The summed E-state index contributed by atoms with van der Waals surface area (Å²) < 4.78 is 0. The van der Waals surface area contributed by atoms with Crippen LogP contribution in [0.5, 0.6) is 0 Å². The van der Waals surface area contributed by atoms with E-state index in [0.29, 0.717) is 29.4 Å². The Kier molecular flexibility index (Phi) is 5.43. The number of hydrogen-bond acceptors (Lipinski definition) is 5. The molecule has 0 fully saturated rings. The lowest BCUT2D eigenvalue weighted by atomic mass is 10.1. The maximum absolute atomic E-state index is 12.6. The van der Waals surface area contributed by atoms with Crippen molar-refractivity contribution in [3.63, 3.8) is 0 Å². The lowest BCUT2D eigenvalue weighted by Crippen LogP contribution is -2.16. The quantitative estimate of drug-likeness (QED) is 0.724.